The summed E-state index contributed by atoms with van der Waals surface area (Å²) in [6.07, 6.45) is 2.66. The molecule has 0 bridgehead atoms. The Bertz CT molecular complexity index is 291. The Hall–Kier alpha value is -1.52. The van der Waals surface area contributed by atoms with Crippen molar-refractivity contribution in [2.24, 2.45) is 11.8 Å². The molecule has 5 nitrogen and oxygen atoms in total. The summed E-state index contributed by atoms with van der Waals surface area (Å²) in [6, 6.07) is -0.332. The summed E-state index contributed by atoms with van der Waals surface area (Å²) in [5, 5.41) is 11.4. The molecular formula is C11H18N2O3. The van der Waals surface area contributed by atoms with Crippen LogP contribution >= 0.6 is 0 Å². The second-order valence-corrected chi connectivity index (χ2v) is 4.22. The number of aliphatic carboxylic acids is 1. The van der Waals surface area contributed by atoms with E-state index < -0.39 is 5.97 Å². The van der Waals surface area contributed by atoms with E-state index in [1.54, 1.807) is 0 Å². The van der Waals surface area contributed by atoms with Crippen molar-refractivity contribution in [3.8, 4) is 0 Å². The lowest BCUT2D eigenvalue weighted by Gasteiger charge is -2.19. The topological polar surface area (TPSA) is 69.6 Å². The smallest absolute Gasteiger partial charge is 0.323 e. The summed E-state index contributed by atoms with van der Waals surface area (Å²) in [7, 11) is 0. The average Bonchev–Trinajstić information content (AvgIpc) is 2.90. The van der Waals surface area contributed by atoms with Gasteiger partial charge in [-0.25, -0.2) is 4.79 Å². The van der Waals surface area contributed by atoms with Gasteiger partial charge in [-0.2, -0.15) is 0 Å². The first-order chi connectivity index (χ1) is 7.54. The van der Waals surface area contributed by atoms with E-state index in [9.17, 15) is 9.59 Å². The normalized spacial score (nSPS) is 22.3. The summed E-state index contributed by atoms with van der Waals surface area (Å²) in [4.78, 5) is 23.4. The van der Waals surface area contributed by atoms with Crippen LogP contribution in [0.15, 0.2) is 12.7 Å². The number of carbonyl (C=O) groups excluding carboxylic acids is 1. The molecule has 1 fully saturated rings. The molecule has 1 saturated carbocycles. The minimum Gasteiger partial charge on any atom is -0.480 e. The first-order valence-corrected chi connectivity index (χ1v) is 5.40. The van der Waals surface area contributed by atoms with Gasteiger partial charge < -0.3 is 15.3 Å². The van der Waals surface area contributed by atoms with Crippen molar-refractivity contribution < 1.29 is 14.7 Å². The van der Waals surface area contributed by atoms with Gasteiger partial charge in [0.25, 0.3) is 0 Å². The summed E-state index contributed by atoms with van der Waals surface area (Å²) in [5.41, 5.74) is 0. The van der Waals surface area contributed by atoms with Crippen LogP contribution in [0, 0.1) is 11.8 Å². The Kier molecular flexibility index (Phi) is 4.34. The lowest BCUT2D eigenvalue weighted by molar-refractivity contribution is -0.137. The van der Waals surface area contributed by atoms with Crippen LogP contribution in [-0.2, 0) is 4.79 Å². The summed E-state index contributed by atoms with van der Waals surface area (Å²) in [5.74, 6) is 0.212. The minimum atomic E-state index is -1.02. The van der Waals surface area contributed by atoms with Crippen LogP contribution in [-0.4, -0.2) is 41.6 Å². The zero-order valence-electron chi connectivity index (χ0n) is 9.48. The predicted octanol–water partition coefficient (Wildman–Crippen LogP) is 0.925. The van der Waals surface area contributed by atoms with Crippen molar-refractivity contribution in [2.45, 2.75) is 13.3 Å². The molecular weight excluding hydrogens is 208 g/mol. The Labute approximate surface area is 95.1 Å². The third kappa shape index (κ3) is 3.92. The van der Waals surface area contributed by atoms with Crippen molar-refractivity contribution in [1.29, 1.82) is 0 Å². The highest BCUT2D eigenvalue weighted by Gasteiger charge is 2.32. The molecule has 2 amide bonds. The van der Waals surface area contributed by atoms with Crippen LogP contribution in [0.2, 0.25) is 0 Å². The molecule has 90 valence electrons. The highest BCUT2D eigenvalue weighted by atomic mass is 16.4. The van der Waals surface area contributed by atoms with Crippen LogP contribution < -0.4 is 5.32 Å². The van der Waals surface area contributed by atoms with Crippen molar-refractivity contribution in [3.63, 3.8) is 0 Å². The van der Waals surface area contributed by atoms with Crippen molar-refractivity contribution in [1.82, 2.24) is 10.2 Å². The molecule has 0 heterocycles. The molecule has 2 unspecified atom stereocenters. The number of amides is 2. The van der Waals surface area contributed by atoms with Crippen LogP contribution in [0.3, 0.4) is 0 Å². The molecule has 0 aromatic rings. The van der Waals surface area contributed by atoms with Gasteiger partial charge in [-0.3, -0.25) is 4.79 Å². The molecule has 0 aromatic heterocycles. The van der Waals surface area contributed by atoms with E-state index >= 15 is 0 Å². The Morgan fingerprint density at radius 1 is 1.62 bits per heavy atom. The second-order valence-electron chi connectivity index (χ2n) is 4.22. The van der Waals surface area contributed by atoms with Gasteiger partial charge in [0, 0.05) is 13.1 Å². The molecule has 0 saturated heterocycles. The molecule has 16 heavy (non-hydrogen) atoms. The van der Waals surface area contributed by atoms with Crippen LogP contribution in [0.4, 0.5) is 4.79 Å². The number of hydrogen-bond donors (Lipinski definition) is 2. The van der Waals surface area contributed by atoms with Crippen molar-refractivity contribution in [3.05, 3.63) is 12.7 Å². The average molecular weight is 226 g/mol. The molecule has 0 radical (unpaired) electrons. The minimum absolute atomic E-state index is 0.248. The van der Waals surface area contributed by atoms with Gasteiger partial charge in [-0.05, 0) is 18.3 Å². The number of carboxylic acid groups (broad SMARTS) is 1. The molecule has 2 N–H and O–H groups in total. The maximum Gasteiger partial charge on any atom is 0.323 e. The maximum atomic E-state index is 11.6. The number of nitrogens with zero attached hydrogens (tertiary/aromatic N) is 1. The van der Waals surface area contributed by atoms with E-state index in [-0.39, 0.29) is 19.1 Å². The Morgan fingerprint density at radius 3 is 2.69 bits per heavy atom. The molecule has 5 heteroatoms. The fourth-order valence-corrected chi connectivity index (χ4v) is 1.55. The highest BCUT2D eigenvalue weighted by molar-refractivity contribution is 5.80. The third-order valence-corrected chi connectivity index (χ3v) is 2.75. The Balaban J connectivity index is 2.33. The van der Waals surface area contributed by atoms with Gasteiger partial charge in [0.15, 0.2) is 0 Å². The van der Waals surface area contributed by atoms with E-state index in [1.165, 1.54) is 11.0 Å². The van der Waals surface area contributed by atoms with E-state index in [0.29, 0.717) is 18.4 Å². The van der Waals surface area contributed by atoms with Gasteiger partial charge in [0.2, 0.25) is 0 Å². The molecule has 1 aliphatic carbocycles. The van der Waals surface area contributed by atoms with Gasteiger partial charge in [-0.15, -0.1) is 6.58 Å². The van der Waals surface area contributed by atoms with Gasteiger partial charge in [-0.1, -0.05) is 13.0 Å². The van der Waals surface area contributed by atoms with Crippen LogP contribution in [0.1, 0.15) is 13.3 Å². The van der Waals surface area contributed by atoms with Gasteiger partial charge in [0.05, 0.1) is 0 Å². The quantitative estimate of drug-likeness (QED) is 0.662. The summed E-state index contributed by atoms with van der Waals surface area (Å²) in [6.45, 7) is 6.22. The maximum absolute atomic E-state index is 11.6. The number of carboxylic acids is 1. The zero-order valence-corrected chi connectivity index (χ0v) is 9.48. The van der Waals surface area contributed by atoms with E-state index in [1.807, 2.05) is 0 Å². The number of carbonyl (C=O) groups is 2. The zero-order chi connectivity index (χ0) is 12.1. The van der Waals surface area contributed by atoms with Crippen molar-refractivity contribution in [2.75, 3.05) is 19.6 Å². The molecule has 0 spiro atoms. The monoisotopic (exact) mass is 226 g/mol. The number of hydrogen-bond acceptors (Lipinski definition) is 2. The molecule has 0 aromatic carbocycles. The summed E-state index contributed by atoms with van der Waals surface area (Å²) < 4.78 is 0. The largest absolute Gasteiger partial charge is 0.480 e. The van der Waals surface area contributed by atoms with E-state index in [4.69, 9.17) is 5.11 Å². The fraction of sp³-hybridized carbons (Fsp3) is 0.636. The summed E-state index contributed by atoms with van der Waals surface area (Å²) >= 11 is 0. The second kappa shape index (κ2) is 5.53. The lowest BCUT2D eigenvalue weighted by Crippen LogP contribution is -2.43. The first kappa shape index (κ1) is 12.5. The standard InChI is InChI=1S/C11H18N2O3/c1-3-4-13(7-10(14)15)11(16)12-6-9-5-8(9)2/h3,8-9H,1,4-7H2,2H3,(H,12,16)(H,14,15). The fourth-order valence-electron chi connectivity index (χ4n) is 1.55. The number of nitrogens with one attached hydrogen (secondary N) is 1. The number of urea groups is 1. The lowest BCUT2D eigenvalue weighted by atomic mass is 10.3. The number of rotatable bonds is 6. The molecule has 2 atom stereocenters. The van der Waals surface area contributed by atoms with Crippen LogP contribution in [0.25, 0.3) is 0 Å². The Morgan fingerprint density at radius 2 is 2.25 bits per heavy atom. The molecule has 1 rings (SSSR count). The van der Waals surface area contributed by atoms with Gasteiger partial charge >= 0.3 is 12.0 Å². The third-order valence-electron chi connectivity index (χ3n) is 2.75. The van der Waals surface area contributed by atoms with Crippen LogP contribution in [0.5, 0.6) is 0 Å². The SMILES string of the molecule is C=CCN(CC(=O)O)C(=O)NCC1CC1C. The van der Waals surface area contributed by atoms with Crippen molar-refractivity contribution >= 4 is 12.0 Å². The van der Waals surface area contributed by atoms with Gasteiger partial charge in [0.1, 0.15) is 6.54 Å². The highest BCUT2D eigenvalue weighted by Crippen LogP contribution is 2.36. The molecule has 1 aliphatic rings. The first-order valence-electron chi connectivity index (χ1n) is 5.40. The predicted molar refractivity (Wildman–Crippen MR) is 60.1 cm³/mol. The molecule has 0 aliphatic heterocycles. The van der Waals surface area contributed by atoms with E-state index in [2.05, 4.69) is 18.8 Å². The van der Waals surface area contributed by atoms with E-state index in [0.717, 1.165) is 6.42 Å².